The molecule has 1 rings (SSSR count). The van der Waals surface area contributed by atoms with E-state index < -0.39 is 13.0 Å². The van der Waals surface area contributed by atoms with Gasteiger partial charge in [-0.2, -0.15) is 0 Å². The molecule has 0 unspecified atom stereocenters. The second-order valence-corrected chi connectivity index (χ2v) is 2.99. The van der Waals surface area contributed by atoms with Crippen molar-refractivity contribution in [2.75, 3.05) is 23.7 Å². The molecule has 6 heteroatoms. The molecule has 0 amide bonds. The lowest BCUT2D eigenvalue weighted by Gasteiger charge is -2.07. The highest BCUT2D eigenvalue weighted by Gasteiger charge is 2.03. The zero-order chi connectivity index (χ0) is 11.1. The van der Waals surface area contributed by atoms with Crippen LogP contribution in [0.15, 0.2) is 12.4 Å². The lowest BCUT2D eigenvalue weighted by atomic mass is 10.4. The SMILES string of the molecule is CCCNc1cc(NCC(F)F)ncn1. The van der Waals surface area contributed by atoms with Crippen molar-refractivity contribution in [3.05, 3.63) is 12.4 Å². The minimum Gasteiger partial charge on any atom is -0.370 e. The number of hydrogen-bond donors (Lipinski definition) is 2. The number of hydrogen-bond acceptors (Lipinski definition) is 4. The van der Waals surface area contributed by atoms with Gasteiger partial charge in [0.15, 0.2) is 0 Å². The van der Waals surface area contributed by atoms with Crippen molar-refractivity contribution in [2.45, 2.75) is 19.8 Å². The fraction of sp³-hybridized carbons (Fsp3) is 0.556. The summed E-state index contributed by atoms with van der Waals surface area (Å²) in [6.45, 7) is 2.43. The maximum atomic E-state index is 11.9. The van der Waals surface area contributed by atoms with Gasteiger partial charge in [-0.15, -0.1) is 0 Å². The lowest BCUT2D eigenvalue weighted by Crippen LogP contribution is -2.12. The van der Waals surface area contributed by atoms with Crippen molar-refractivity contribution in [3.63, 3.8) is 0 Å². The number of anilines is 2. The standard InChI is InChI=1S/C9H14F2N4/c1-2-3-12-8-4-9(15-6-14-8)13-5-7(10)11/h4,6-7H,2-3,5H2,1H3,(H2,12,13,14,15). The normalized spacial score (nSPS) is 10.4. The Bertz CT molecular complexity index is 293. The van der Waals surface area contributed by atoms with Crippen LogP contribution in [0.2, 0.25) is 0 Å². The highest BCUT2D eigenvalue weighted by atomic mass is 19.3. The summed E-state index contributed by atoms with van der Waals surface area (Å²) >= 11 is 0. The average Bonchev–Trinajstić information content (AvgIpc) is 2.24. The van der Waals surface area contributed by atoms with Gasteiger partial charge >= 0.3 is 0 Å². The summed E-state index contributed by atoms with van der Waals surface area (Å²) in [7, 11) is 0. The molecule has 84 valence electrons. The monoisotopic (exact) mass is 216 g/mol. The quantitative estimate of drug-likeness (QED) is 0.763. The van der Waals surface area contributed by atoms with Gasteiger partial charge in [0.05, 0.1) is 6.54 Å². The summed E-state index contributed by atoms with van der Waals surface area (Å²) in [5.41, 5.74) is 0. The lowest BCUT2D eigenvalue weighted by molar-refractivity contribution is 0.163. The number of rotatable bonds is 6. The van der Waals surface area contributed by atoms with E-state index >= 15 is 0 Å². The van der Waals surface area contributed by atoms with Crippen LogP contribution in [0.5, 0.6) is 0 Å². The van der Waals surface area contributed by atoms with E-state index in [-0.39, 0.29) is 0 Å². The van der Waals surface area contributed by atoms with Gasteiger partial charge in [0.2, 0.25) is 0 Å². The third kappa shape index (κ3) is 4.53. The summed E-state index contributed by atoms with van der Waals surface area (Å²) < 4.78 is 23.8. The molecule has 2 N–H and O–H groups in total. The molecule has 0 spiro atoms. The van der Waals surface area contributed by atoms with Crippen LogP contribution in [0.3, 0.4) is 0 Å². The van der Waals surface area contributed by atoms with E-state index in [1.165, 1.54) is 6.33 Å². The van der Waals surface area contributed by atoms with Gasteiger partial charge < -0.3 is 10.6 Å². The average molecular weight is 216 g/mol. The van der Waals surface area contributed by atoms with Crippen molar-refractivity contribution in [1.29, 1.82) is 0 Å². The molecule has 0 aromatic carbocycles. The number of aromatic nitrogens is 2. The van der Waals surface area contributed by atoms with Gasteiger partial charge in [-0.05, 0) is 6.42 Å². The third-order valence-electron chi connectivity index (χ3n) is 1.66. The molecule has 0 aliphatic rings. The molecule has 1 aromatic heterocycles. The molecule has 15 heavy (non-hydrogen) atoms. The second kappa shape index (κ2) is 6.10. The van der Waals surface area contributed by atoms with Gasteiger partial charge in [0.1, 0.15) is 18.0 Å². The number of alkyl halides is 2. The highest BCUT2D eigenvalue weighted by molar-refractivity contribution is 5.46. The molecule has 0 aliphatic heterocycles. The Morgan fingerprint density at radius 3 is 2.53 bits per heavy atom. The summed E-state index contributed by atoms with van der Waals surface area (Å²) in [4.78, 5) is 7.78. The highest BCUT2D eigenvalue weighted by Crippen LogP contribution is 2.08. The third-order valence-corrected chi connectivity index (χ3v) is 1.66. The summed E-state index contributed by atoms with van der Waals surface area (Å²) in [6.07, 6.45) is -0.0673. The first-order valence-corrected chi connectivity index (χ1v) is 4.80. The summed E-state index contributed by atoms with van der Waals surface area (Å²) in [5, 5.41) is 5.56. The predicted octanol–water partition coefficient (Wildman–Crippen LogP) is 1.98. The first-order valence-electron chi connectivity index (χ1n) is 4.80. The van der Waals surface area contributed by atoms with E-state index in [1.54, 1.807) is 6.07 Å². The van der Waals surface area contributed by atoms with E-state index in [0.717, 1.165) is 13.0 Å². The van der Waals surface area contributed by atoms with Gasteiger partial charge in [-0.3, -0.25) is 0 Å². The van der Waals surface area contributed by atoms with Crippen LogP contribution in [0.25, 0.3) is 0 Å². The Balaban J connectivity index is 2.50. The molecule has 0 aliphatic carbocycles. The molecule has 0 radical (unpaired) electrons. The van der Waals surface area contributed by atoms with Crippen molar-refractivity contribution in [1.82, 2.24) is 9.97 Å². The van der Waals surface area contributed by atoms with Crippen LogP contribution >= 0.6 is 0 Å². The van der Waals surface area contributed by atoms with Crippen molar-refractivity contribution in [2.24, 2.45) is 0 Å². The Morgan fingerprint density at radius 1 is 1.27 bits per heavy atom. The molecular weight excluding hydrogens is 202 g/mol. The summed E-state index contributed by atoms with van der Waals surface area (Å²) in [5.74, 6) is 1.05. The Labute approximate surface area is 87.1 Å². The summed E-state index contributed by atoms with van der Waals surface area (Å²) in [6, 6.07) is 1.61. The van der Waals surface area contributed by atoms with Gasteiger partial charge in [0, 0.05) is 12.6 Å². The maximum absolute atomic E-state index is 11.9. The van der Waals surface area contributed by atoms with E-state index in [4.69, 9.17) is 0 Å². The van der Waals surface area contributed by atoms with E-state index in [2.05, 4.69) is 20.6 Å². The molecule has 0 bridgehead atoms. The van der Waals surface area contributed by atoms with Gasteiger partial charge in [0.25, 0.3) is 6.43 Å². The van der Waals surface area contributed by atoms with Crippen LogP contribution in [-0.4, -0.2) is 29.5 Å². The molecule has 1 heterocycles. The van der Waals surface area contributed by atoms with E-state index in [0.29, 0.717) is 11.6 Å². The van der Waals surface area contributed by atoms with Crippen molar-refractivity contribution >= 4 is 11.6 Å². The maximum Gasteiger partial charge on any atom is 0.255 e. The van der Waals surface area contributed by atoms with Crippen molar-refractivity contribution < 1.29 is 8.78 Å². The van der Waals surface area contributed by atoms with Gasteiger partial charge in [-0.25, -0.2) is 18.7 Å². The predicted molar refractivity (Wildman–Crippen MR) is 55.3 cm³/mol. The van der Waals surface area contributed by atoms with E-state index in [1.807, 2.05) is 6.92 Å². The van der Waals surface area contributed by atoms with Crippen molar-refractivity contribution in [3.8, 4) is 0 Å². The first-order chi connectivity index (χ1) is 7.22. The first kappa shape index (κ1) is 11.6. The van der Waals surface area contributed by atoms with Crippen LogP contribution < -0.4 is 10.6 Å². The molecule has 0 fully saturated rings. The van der Waals surface area contributed by atoms with Crippen LogP contribution in [0.4, 0.5) is 20.4 Å². The van der Waals surface area contributed by atoms with Crippen LogP contribution in [-0.2, 0) is 0 Å². The zero-order valence-electron chi connectivity index (χ0n) is 8.50. The molecule has 1 aromatic rings. The van der Waals surface area contributed by atoms with Crippen LogP contribution in [0, 0.1) is 0 Å². The Morgan fingerprint density at radius 2 is 1.93 bits per heavy atom. The zero-order valence-corrected chi connectivity index (χ0v) is 8.50. The minimum atomic E-state index is -2.38. The van der Waals surface area contributed by atoms with Gasteiger partial charge in [-0.1, -0.05) is 6.92 Å². The fourth-order valence-corrected chi connectivity index (χ4v) is 0.985. The number of halogens is 2. The molecule has 0 saturated carbocycles. The number of nitrogens with zero attached hydrogens (tertiary/aromatic N) is 2. The number of nitrogens with one attached hydrogen (secondary N) is 2. The van der Waals surface area contributed by atoms with Crippen LogP contribution in [0.1, 0.15) is 13.3 Å². The fourth-order valence-electron chi connectivity index (χ4n) is 0.985. The molecule has 4 nitrogen and oxygen atoms in total. The smallest absolute Gasteiger partial charge is 0.255 e. The largest absolute Gasteiger partial charge is 0.370 e. The van der Waals surface area contributed by atoms with E-state index in [9.17, 15) is 8.78 Å². The topological polar surface area (TPSA) is 49.8 Å². The minimum absolute atomic E-state index is 0.399. The molecular formula is C9H14F2N4. The Hall–Kier alpha value is -1.46. The Kier molecular flexibility index (Phi) is 4.73. The molecule has 0 saturated heterocycles. The molecule has 0 atom stereocenters. The second-order valence-electron chi connectivity index (χ2n) is 2.99.